The Morgan fingerprint density at radius 1 is 0.968 bits per heavy atom. The zero-order valence-corrected chi connectivity index (χ0v) is 19.0. The van der Waals surface area contributed by atoms with Gasteiger partial charge in [0.05, 0.1) is 0 Å². The first-order valence-corrected chi connectivity index (χ1v) is 12.0. The van der Waals surface area contributed by atoms with Crippen molar-refractivity contribution in [3.63, 3.8) is 0 Å². The summed E-state index contributed by atoms with van der Waals surface area (Å²) < 4.78 is 0. The molecule has 2 bridgehead atoms. The van der Waals surface area contributed by atoms with Crippen LogP contribution in [0.1, 0.15) is 59.7 Å². The number of piperidine rings is 1. The summed E-state index contributed by atoms with van der Waals surface area (Å²) in [6.45, 7) is 5.15. The van der Waals surface area contributed by atoms with Crippen molar-refractivity contribution in [3.05, 3.63) is 47.5 Å². The predicted molar refractivity (Wildman–Crippen MR) is 125 cm³/mol. The monoisotopic (exact) mass is 437 g/mol. The molecule has 0 aromatic heterocycles. The normalized spacial score (nSPS) is 28.4. The van der Waals surface area contributed by atoms with Gasteiger partial charge in [-0.25, -0.2) is 0 Å². The number of fused-ring (bicyclic) bond motifs is 2. The smallest absolute Gasteiger partial charge is 0.253 e. The largest absolute Gasteiger partial charge is 0.359 e. The number of hydrogen-bond donors (Lipinski definition) is 1. The number of carbonyl (C=O) groups excluding carboxylic acids is 2. The molecule has 2 aliphatic heterocycles. The molecule has 3 fully saturated rings. The number of benzene rings is 1. The topological polar surface area (TPSA) is 52.7 Å². The molecule has 1 N–H and O–H groups in total. The van der Waals surface area contributed by atoms with Crippen LogP contribution < -0.4 is 5.32 Å². The van der Waals surface area contributed by atoms with Gasteiger partial charge in [0.25, 0.3) is 5.91 Å². The van der Waals surface area contributed by atoms with Gasteiger partial charge in [-0.2, -0.15) is 0 Å². The summed E-state index contributed by atoms with van der Waals surface area (Å²) in [4.78, 5) is 28.7. The van der Waals surface area contributed by atoms with Crippen molar-refractivity contribution in [2.45, 2.75) is 45.1 Å². The van der Waals surface area contributed by atoms with Crippen LogP contribution in [0.3, 0.4) is 0 Å². The van der Waals surface area contributed by atoms with Gasteiger partial charge in [-0.15, -0.1) is 0 Å². The first-order chi connectivity index (χ1) is 14.9. The van der Waals surface area contributed by atoms with Gasteiger partial charge in [0.1, 0.15) is 0 Å². The summed E-state index contributed by atoms with van der Waals surface area (Å²) in [7, 11) is 0. The highest BCUT2D eigenvalue weighted by atomic mass is 32.1. The molecular formula is C25H31N3O2S. The van der Waals surface area contributed by atoms with E-state index in [0.717, 1.165) is 56.5 Å². The zero-order valence-electron chi connectivity index (χ0n) is 18.2. The number of nitrogens with one attached hydrogen (secondary N) is 1. The Hall–Kier alpha value is -2.21. The van der Waals surface area contributed by atoms with E-state index in [1.807, 2.05) is 4.90 Å². The fraction of sp³-hybridized carbons (Fsp3) is 0.560. The molecule has 6 heteroatoms. The maximum atomic E-state index is 12.9. The molecule has 2 saturated heterocycles. The van der Waals surface area contributed by atoms with Crippen molar-refractivity contribution < 1.29 is 9.59 Å². The molecule has 1 saturated carbocycles. The average Bonchev–Trinajstić information content (AvgIpc) is 3.50. The van der Waals surface area contributed by atoms with E-state index >= 15 is 0 Å². The lowest BCUT2D eigenvalue weighted by Crippen LogP contribution is -2.47. The second-order valence-corrected chi connectivity index (χ2v) is 10.3. The summed E-state index contributed by atoms with van der Waals surface area (Å²) in [5.74, 6) is 1.49. The van der Waals surface area contributed by atoms with Crippen molar-refractivity contribution in [3.8, 4) is 0 Å². The zero-order chi connectivity index (χ0) is 21.6. The first kappa shape index (κ1) is 20.7. The van der Waals surface area contributed by atoms with Gasteiger partial charge in [0.2, 0.25) is 0 Å². The number of allylic oxidation sites excluding steroid dienone is 1. The van der Waals surface area contributed by atoms with Crippen LogP contribution in [0.15, 0.2) is 36.4 Å². The summed E-state index contributed by atoms with van der Waals surface area (Å²) >= 11 is 5.78. The van der Waals surface area contributed by atoms with E-state index in [-0.39, 0.29) is 17.1 Å². The van der Waals surface area contributed by atoms with E-state index in [2.05, 4.69) is 22.4 Å². The minimum absolute atomic E-state index is 0.0222. The van der Waals surface area contributed by atoms with Gasteiger partial charge >= 0.3 is 0 Å². The predicted octanol–water partition coefficient (Wildman–Crippen LogP) is 3.66. The third-order valence-corrected chi connectivity index (χ3v) is 8.34. The Morgan fingerprint density at radius 3 is 2.19 bits per heavy atom. The molecule has 3 atom stereocenters. The van der Waals surface area contributed by atoms with E-state index < -0.39 is 0 Å². The van der Waals surface area contributed by atoms with E-state index in [1.165, 1.54) is 12.8 Å². The third-order valence-electron chi connectivity index (χ3n) is 7.96. The first-order valence-electron chi connectivity index (χ1n) is 11.6. The molecule has 1 aromatic carbocycles. The molecule has 5 nitrogen and oxygen atoms in total. The maximum Gasteiger partial charge on any atom is 0.253 e. The highest BCUT2D eigenvalue weighted by molar-refractivity contribution is 7.80. The minimum atomic E-state index is 0.0222. The fourth-order valence-corrected chi connectivity index (χ4v) is 6.23. The Bertz CT molecular complexity index is 917. The van der Waals surface area contributed by atoms with E-state index in [1.54, 1.807) is 31.2 Å². The summed E-state index contributed by atoms with van der Waals surface area (Å²) in [5, 5.41) is 4.58. The summed E-state index contributed by atoms with van der Waals surface area (Å²) in [5.41, 5.74) is 1.58. The third kappa shape index (κ3) is 4.02. The van der Waals surface area contributed by atoms with Crippen LogP contribution in [0.4, 0.5) is 0 Å². The van der Waals surface area contributed by atoms with Gasteiger partial charge in [-0.3, -0.25) is 9.59 Å². The fourth-order valence-electron chi connectivity index (χ4n) is 5.93. The lowest BCUT2D eigenvalue weighted by atomic mass is 9.77. The number of ketones is 1. The Morgan fingerprint density at radius 2 is 1.61 bits per heavy atom. The van der Waals surface area contributed by atoms with Crippen LogP contribution in [0.2, 0.25) is 0 Å². The maximum absolute atomic E-state index is 12.9. The van der Waals surface area contributed by atoms with Crippen LogP contribution in [0.25, 0.3) is 0 Å². The number of amides is 1. The second kappa shape index (κ2) is 8.05. The molecule has 2 heterocycles. The highest BCUT2D eigenvalue weighted by Crippen LogP contribution is 2.42. The lowest BCUT2D eigenvalue weighted by molar-refractivity contribution is 0.0598. The van der Waals surface area contributed by atoms with Crippen LogP contribution in [0.5, 0.6) is 0 Å². The molecule has 1 amide bonds. The van der Waals surface area contributed by atoms with Crippen LogP contribution >= 0.6 is 12.2 Å². The van der Waals surface area contributed by atoms with Crippen molar-refractivity contribution >= 4 is 29.0 Å². The van der Waals surface area contributed by atoms with E-state index in [0.29, 0.717) is 23.1 Å². The number of hydrogen-bond acceptors (Lipinski definition) is 3. The molecule has 3 unspecified atom stereocenters. The minimum Gasteiger partial charge on any atom is -0.359 e. The van der Waals surface area contributed by atoms with Crippen LogP contribution in [-0.4, -0.2) is 58.8 Å². The average molecular weight is 438 g/mol. The van der Waals surface area contributed by atoms with Gasteiger partial charge < -0.3 is 15.1 Å². The molecule has 4 aliphatic rings. The number of carbonyl (C=O) groups is 2. The quantitative estimate of drug-likeness (QED) is 0.444. The Labute approximate surface area is 189 Å². The Balaban J connectivity index is 1.14. The number of Topliss-reactive ketones (excluding diaryl/α,β-unsaturated/α-hetero) is 1. The van der Waals surface area contributed by atoms with Gasteiger partial charge in [0, 0.05) is 43.3 Å². The van der Waals surface area contributed by atoms with E-state index in [9.17, 15) is 9.59 Å². The van der Waals surface area contributed by atoms with E-state index in [4.69, 9.17) is 12.2 Å². The standard InChI is InChI=1S/C25H31N3O2S/c1-17(29)19-4-6-20(7-5-19)23(30)27-11-8-25(9-12-27)10-13-28(16-25)24(31)26-22-15-18-2-3-21(22)14-18/h2-7,18,21-22H,8-16H2,1H3,(H,26,31). The SMILES string of the molecule is CC(=O)c1ccc(C(=O)N2CCC3(CC2)CCN(C(=S)NC2CC4C=CC2C4)C3)cc1. The molecule has 164 valence electrons. The molecule has 2 aliphatic carbocycles. The second-order valence-electron chi connectivity index (χ2n) is 9.93. The highest BCUT2D eigenvalue weighted by Gasteiger charge is 2.43. The molecule has 31 heavy (non-hydrogen) atoms. The van der Waals surface area contributed by atoms with Crippen LogP contribution in [-0.2, 0) is 0 Å². The lowest BCUT2D eigenvalue weighted by Gasteiger charge is -2.39. The van der Waals surface area contributed by atoms with Crippen molar-refractivity contribution in [1.29, 1.82) is 0 Å². The number of thiocarbonyl (C=S) groups is 1. The number of likely N-dealkylation sites (tertiary alicyclic amines) is 2. The van der Waals surface area contributed by atoms with Crippen molar-refractivity contribution in [1.82, 2.24) is 15.1 Å². The molecule has 1 spiro atoms. The molecule has 1 aromatic rings. The van der Waals surface area contributed by atoms with Crippen molar-refractivity contribution in [2.75, 3.05) is 26.2 Å². The van der Waals surface area contributed by atoms with Crippen LogP contribution in [0, 0.1) is 17.3 Å². The van der Waals surface area contributed by atoms with Crippen molar-refractivity contribution in [2.24, 2.45) is 17.3 Å². The van der Waals surface area contributed by atoms with Gasteiger partial charge in [-0.1, -0.05) is 24.3 Å². The van der Waals surface area contributed by atoms with Gasteiger partial charge in [-0.05, 0) is 80.6 Å². The van der Waals surface area contributed by atoms with Gasteiger partial charge in [0.15, 0.2) is 10.9 Å². The molecule has 5 rings (SSSR count). The summed E-state index contributed by atoms with van der Waals surface area (Å²) in [6, 6.07) is 7.55. The molecule has 0 radical (unpaired) electrons. The Kier molecular flexibility index (Phi) is 5.37. The summed E-state index contributed by atoms with van der Waals surface area (Å²) in [6.07, 6.45) is 10.4. The number of nitrogens with zero attached hydrogens (tertiary/aromatic N) is 2. The molecular weight excluding hydrogens is 406 g/mol. The number of rotatable bonds is 3.